The van der Waals surface area contributed by atoms with Crippen molar-refractivity contribution in [3.63, 3.8) is 0 Å². The summed E-state index contributed by atoms with van der Waals surface area (Å²) in [5.41, 5.74) is -0.0559. The van der Waals surface area contributed by atoms with Gasteiger partial charge in [0.1, 0.15) is 11.6 Å². The summed E-state index contributed by atoms with van der Waals surface area (Å²) in [4.78, 5) is 58.2. The Morgan fingerprint density at radius 2 is 1.00 bits per heavy atom. The first-order chi connectivity index (χ1) is 16.5. The number of pyridine rings is 2. The van der Waals surface area contributed by atoms with E-state index in [9.17, 15) is 19.2 Å². The first kappa shape index (κ1) is 28.0. The highest BCUT2D eigenvalue weighted by atomic mass is 16.6. The first-order valence-corrected chi connectivity index (χ1v) is 12.1. The fourth-order valence-electron chi connectivity index (χ4n) is 3.75. The van der Waals surface area contributed by atoms with Gasteiger partial charge in [-0.2, -0.15) is 0 Å². The van der Waals surface area contributed by atoms with Gasteiger partial charge in [0, 0.05) is 50.5 Å². The van der Waals surface area contributed by atoms with Gasteiger partial charge in [0.25, 0.3) is 0 Å². The quantitative estimate of drug-likeness (QED) is 0.281. The summed E-state index contributed by atoms with van der Waals surface area (Å²) in [7, 11) is 0. The standard InChI is InChI=1S/C28H36N2O5/c1-27(2,19-23(31)9-5-7-21-11-15-29-16-12-21)25(33)35-26(34)28(3,4)20-24(32)10-6-8-22-13-17-30-18-14-22/h11-18H,5-10,19-20H2,1-4H3. The molecular formula is C28H36N2O5. The molecule has 7 nitrogen and oxygen atoms in total. The van der Waals surface area contributed by atoms with Crippen molar-refractivity contribution in [3.05, 3.63) is 60.2 Å². The molecule has 2 aromatic heterocycles. The van der Waals surface area contributed by atoms with Gasteiger partial charge >= 0.3 is 11.9 Å². The van der Waals surface area contributed by atoms with Gasteiger partial charge in [0.2, 0.25) is 0 Å². The number of Topliss-reactive ketones (excluding diaryl/α,β-unsaturated/α-hetero) is 2. The molecule has 188 valence electrons. The van der Waals surface area contributed by atoms with Crippen LogP contribution >= 0.6 is 0 Å². The summed E-state index contributed by atoms with van der Waals surface area (Å²) in [5, 5.41) is 0. The SMILES string of the molecule is CC(C)(CC(=O)CCCc1ccncc1)C(=O)OC(=O)C(C)(C)CC(=O)CCCc1ccncc1. The van der Waals surface area contributed by atoms with Crippen molar-refractivity contribution in [3.8, 4) is 0 Å². The lowest BCUT2D eigenvalue weighted by Gasteiger charge is -2.25. The lowest BCUT2D eigenvalue weighted by atomic mass is 9.84. The number of hydrogen-bond donors (Lipinski definition) is 0. The summed E-state index contributed by atoms with van der Waals surface area (Å²) in [6, 6.07) is 7.63. The molecule has 0 spiro atoms. The summed E-state index contributed by atoms with van der Waals surface area (Å²) >= 11 is 0. The molecule has 0 amide bonds. The molecule has 0 saturated carbocycles. The van der Waals surface area contributed by atoms with Crippen LogP contribution in [-0.4, -0.2) is 33.5 Å². The molecule has 0 aromatic carbocycles. The van der Waals surface area contributed by atoms with E-state index < -0.39 is 22.8 Å². The lowest BCUT2D eigenvalue weighted by Crippen LogP contribution is -2.37. The number of ketones is 2. The Morgan fingerprint density at radius 3 is 1.34 bits per heavy atom. The van der Waals surface area contributed by atoms with Gasteiger partial charge < -0.3 is 4.74 Å². The van der Waals surface area contributed by atoms with E-state index >= 15 is 0 Å². The van der Waals surface area contributed by atoms with E-state index in [4.69, 9.17) is 4.74 Å². The van der Waals surface area contributed by atoms with E-state index in [-0.39, 0.29) is 24.4 Å². The molecule has 0 unspecified atom stereocenters. The Hall–Kier alpha value is -3.22. The molecule has 35 heavy (non-hydrogen) atoms. The molecule has 2 heterocycles. The predicted octanol–water partition coefficient (Wildman–Crippen LogP) is 4.86. The topological polar surface area (TPSA) is 103 Å². The van der Waals surface area contributed by atoms with Crippen LogP contribution in [0.5, 0.6) is 0 Å². The van der Waals surface area contributed by atoms with E-state index in [1.165, 1.54) is 0 Å². The maximum absolute atomic E-state index is 12.7. The zero-order valence-electron chi connectivity index (χ0n) is 21.2. The van der Waals surface area contributed by atoms with Crippen molar-refractivity contribution in [1.82, 2.24) is 9.97 Å². The molecular weight excluding hydrogens is 444 g/mol. The smallest absolute Gasteiger partial charge is 0.319 e. The largest absolute Gasteiger partial charge is 0.392 e. The van der Waals surface area contributed by atoms with Gasteiger partial charge in [-0.15, -0.1) is 0 Å². The van der Waals surface area contributed by atoms with Gasteiger partial charge in [0.05, 0.1) is 10.8 Å². The average Bonchev–Trinajstić information content (AvgIpc) is 2.79. The molecule has 2 aromatic rings. The minimum absolute atomic E-state index is 0.0101. The van der Waals surface area contributed by atoms with Crippen molar-refractivity contribution in [2.24, 2.45) is 10.8 Å². The number of aryl methyl sites for hydroxylation is 2. The fraction of sp³-hybridized carbons (Fsp3) is 0.500. The first-order valence-electron chi connectivity index (χ1n) is 12.1. The third-order valence-electron chi connectivity index (χ3n) is 5.91. The Morgan fingerprint density at radius 1 is 0.657 bits per heavy atom. The van der Waals surface area contributed by atoms with Crippen molar-refractivity contribution < 1.29 is 23.9 Å². The average molecular weight is 481 g/mol. The molecule has 0 atom stereocenters. The zero-order chi connectivity index (χ0) is 25.9. The number of esters is 2. The number of nitrogens with zero attached hydrogens (tertiary/aromatic N) is 2. The van der Waals surface area contributed by atoms with E-state index in [1.54, 1.807) is 52.5 Å². The van der Waals surface area contributed by atoms with Crippen molar-refractivity contribution >= 4 is 23.5 Å². The minimum atomic E-state index is -1.13. The highest BCUT2D eigenvalue weighted by molar-refractivity contribution is 5.95. The van der Waals surface area contributed by atoms with Crippen LogP contribution in [0.1, 0.15) is 77.3 Å². The van der Waals surface area contributed by atoms with Crippen LogP contribution in [0, 0.1) is 10.8 Å². The molecule has 0 saturated heterocycles. The van der Waals surface area contributed by atoms with Gasteiger partial charge in [-0.3, -0.25) is 29.1 Å². The number of hydrogen-bond acceptors (Lipinski definition) is 7. The molecule has 0 N–H and O–H groups in total. The number of rotatable bonds is 14. The van der Waals surface area contributed by atoms with Crippen LogP contribution in [0.25, 0.3) is 0 Å². The molecule has 0 aliphatic carbocycles. The highest BCUT2D eigenvalue weighted by Crippen LogP contribution is 2.29. The molecule has 2 rings (SSSR count). The van der Waals surface area contributed by atoms with E-state index in [0.29, 0.717) is 25.7 Å². The molecule has 0 radical (unpaired) electrons. The van der Waals surface area contributed by atoms with Crippen LogP contribution in [0.15, 0.2) is 49.1 Å². The molecule has 7 heteroatoms. The Labute approximate surface area is 207 Å². The number of carbonyl (C=O) groups excluding carboxylic acids is 4. The van der Waals surface area contributed by atoms with E-state index in [0.717, 1.165) is 24.0 Å². The van der Waals surface area contributed by atoms with E-state index in [2.05, 4.69) is 9.97 Å². The molecule has 0 aliphatic heterocycles. The Bertz CT molecular complexity index is 919. The zero-order valence-corrected chi connectivity index (χ0v) is 21.2. The number of ether oxygens (including phenoxy) is 1. The van der Waals surface area contributed by atoms with Gasteiger partial charge in [0.15, 0.2) is 0 Å². The lowest BCUT2D eigenvalue weighted by molar-refractivity contribution is -0.173. The summed E-state index contributed by atoms with van der Waals surface area (Å²) in [5.74, 6) is -1.61. The monoisotopic (exact) mass is 480 g/mol. The predicted molar refractivity (Wildman–Crippen MR) is 132 cm³/mol. The van der Waals surface area contributed by atoms with Crippen LogP contribution < -0.4 is 0 Å². The number of aromatic nitrogens is 2. The van der Waals surface area contributed by atoms with Gasteiger partial charge in [-0.25, -0.2) is 0 Å². The van der Waals surface area contributed by atoms with E-state index in [1.807, 2.05) is 24.3 Å². The third kappa shape index (κ3) is 9.89. The third-order valence-corrected chi connectivity index (χ3v) is 5.91. The fourth-order valence-corrected chi connectivity index (χ4v) is 3.75. The van der Waals surface area contributed by atoms with Gasteiger partial charge in [-0.1, -0.05) is 0 Å². The Balaban J connectivity index is 1.76. The van der Waals surface area contributed by atoms with Crippen molar-refractivity contribution in [2.75, 3.05) is 0 Å². The summed E-state index contributed by atoms with van der Waals surface area (Å²) in [6.45, 7) is 6.39. The second-order valence-corrected chi connectivity index (χ2v) is 10.3. The Kier molecular flexibility index (Phi) is 10.4. The highest BCUT2D eigenvalue weighted by Gasteiger charge is 2.38. The normalized spacial score (nSPS) is 11.7. The minimum Gasteiger partial charge on any atom is -0.392 e. The maximum Gasteiger partial charge on any atom is 0.319 e. The van der Waals surface area contributed by atoms with Gasteiger partial charge in [-0.05, 0) is 88.8 Å². The second-order valence-electron chi connectivity index (χ2n) is 10.3. The van der Waals surface area contributed by atoms with Crippen LogP contribution in [-0.2, 0) is 36.8 Å². The molecule has 0 bridgehead atoms. The molecule has 0 aliphatic rings. The molecule has 0 fully saturated rings. The number of carbonyl (C=O) groups is 4. The van der Waals surface area contributed by atoms with Crippen molar-refractivity contribution in [1.29, 1.82) is 0 Å². The van der Waals surface area contributed by atoms with Crippen LogP contribution in [0.3, 0.4) is 0 Å². The van der Waals surface area contributed by atoms with Crippen LogP contribution in [0.2, 0.25) is 0 Å². The summed E-state index contributed by atoms with van der Waals surface area (Å²) in [6.07, 6.45) is 10.4. The van der Waals surface area contributed by atoms with Crippen molar-refractivity contribution in [2.45, 2.75) is 79.1 Å². The summed E-state index contributed by atoms with van der Waals surface area (Å²) < 4.78 is 5.13. The maximum atomic E-state index is 12.7. The van der Waals surface area contributed by atoms with Crippen LogP contribution in [0.4, 0.5) is 0 Å². The second kappa shape index (κ2) is 13.0.